The maximum absolute atomic E-state index is 6.38. The zero-order chi connectivity index (χ0) is 24.5. The quantitative estimate of drug-likeness (QED) is 0.243. The van der Waals surface area contributed by atoms with Gasteiger partial charge in [0.1, 0.15) is 5.76 Å². The van der Waals surface area contributed by atoms with E-state index in [1.165, 1.54) is 22.9 Å². The number of aryl methyl sites for hydroxylation is 1. The first kappa shape index (κ1) is 22.6. The van der Waals surface area contributed by atoms with Crippen LogP contribution in [0.15, 0.2) is 94.5 Å². The number of thioether (sulfide) groups is 1. The molecule has 0 spiro atoms. The molecule has 5 aromatic rings. The Morgan fingerprint density at radius 1 is 0.889 bits per heavy atom. The molecule has 3 heterocycles. The maximum Gasteiger partial charge on any atom is 0.247 e. The van der Waals surface area contributed by atoms with Crippen molar-refractivity contribution in [1.29, 1.82) is 0 Å². The van der Waals surface area contributed by atoms with Crippen LogP contribution in [0.2, 0.25) is 5.02 Å². The van der Waals surface area contributed by atoms with Crippen molar-refractivity contribution in [2.24, 2.45) is 0 Å². The molecule has 8 heteroatoms. The van der Waals surface area contributed by atoms with E-state index in [2.05, 4.69) is 46.7 Å². The predicted molar refractivity (Wildman–Crippen MR) is 142 cm³/mol. The topological polar surface area (TPSA) is 73.1 Å². The van der Waals surface area contributed by atoms with Crippen molar-refractivity contribution in [3.8, 4) is 28.5 Å². The average Bonchev–Trinajstić information content (AvgIpc) is 3.32. The number of halogens is 1. The van der Waals surface area contributed by atoms with Crippen LogP contribution < -0.4 is 10.1 Å². The number of nitrogens with zero attached hydrogens (tertiary/aromatic N) is 3. The van der Waals surface area contributed by atoms with Gasteiger partial charge in [0, 0.05) is 22.6 Å². The zero-order valence-electron chi connectivity index (χ0n) is 19.3. The molecule has 36 heavy (non-hydrogen) atoms. The number of rotatable bonds is 5. The summed E-state index contributed by atoms with van der Waals surface area (Å²) in [6, 6.07) is 27.6. The number of hydrogen-bond acceptors (Lipinski definition) is 7. The first-order valence-electron chi connectivity index (χ1n) is 11.4. The fraction of sp³-hybridized carbons (Fsp3) is 0.107. The van der Waals surface area contributed by atoms with E-state index in [4.69, 9.17) is 25.7 Å². The van der Waals surface area contributed by atoms with Crippen molar-refractivity contribution < 1.29 is 9.15 Å². The SMILES string of the molecule is Cc1ccc(CSc2nnc3c(n2)O[C@H](c2ccc(-c4ccccc4Cl)o2)Nc2ccccc2-3)cc1. The van der Waals surface area contributed by atoms with E-state index in [9.17, 15) is 0 Å². The van der Waals surface area contributed by atoms with Gasteiger partial charge in [-0.3, -0.25) is 0 Å². The first-order valence-corrected chi connectivity index (χ1v) is 12.8. The minimum absolute atomic E-state index is 0.398. The van der Waals surface area contributed by atoms with Gasteiger partial charge in [0.15, 0.2) is 11.5 Å². The van der Waals surface area contributed by atoms with Gasteiger partial charge in [-0.15, -0.1) is 10.2 Å². The normalized spacial score (nSPS) is 14.2. The van der Waals surface area contributed by atoms with Crippen molar-refractivity contribution in [2.45, 2.75) is 24.1 Å². The zero-order valence-corrected chi connectivity index (χ0v) is 20.9. The second-order valence-electron chi connectivity index (χ2n) is 8.39. The second-order valence-corrected chi connectivity index (χ2v) is 9.74. The Morgan fingerprint density at radius 2 is 1.67 bits per heavy atom. The molecule has 0 aliphatic carbocycles. The lowest BCUT2D eigenvalue weighted by Crippen LogP contribution is -2.16. The van der Waals surface area contributed by atoms with Gasteiger partial charge in [-0.1, -0.05) is 83.5 Å². The van der Waals surface area contributed by atoms with Crippen LogP contribution >= 0.6 is 23.4 Å². The van der Waals surface area contributed by atoms with Crippen LogP contribution in [0.5, 0.6) is 5.88 Å². The fourth-order valence-electron chi connectivity index (χ4n) is 3.97. The molecule has 0 saturated heterocycles. The summed E-state index contributed by atoms with van der Waals surface area (Å²) in [5.74, 6) is 2.39. The third kappa shape index (κ3) is 4.55. The predicted octanol–water partition coefficient (Wildman–Crippen LogP) is 7.56. The number of ether oxygens (including phenoxy) is 1. The molecule has 0 bridgehead atoms. The summed E-state index contributed by atoms with van der Waals surface area (Å²) in [7, 11) is 0. The largest absolute Gasteiger partial charge is 0.455 e. The molecule has 1 atom stereocenters. The van der Waals surface area contributed by atoms with Gasteiger partial charge in [-0.05, 0) is 42.8 Å². The van der Waals surface area contributed by atoms with Crippen LogP contribution in [-0.4, -0.2) is 15.2 Å². The van der Waals surface area contributed by atoms with Gasteiger partial charge in [0.25, 0.3) is 0 Å². The molecular weight excluding hydrogens is 492 g/mol. The highest BCUT2D eigenvalue weighted by Gasteiger charge is 2.28. The summed E-state index contributed by atoms with van der Waals surface area (Å²) < 4.78 is 12.5. The van der Waals surface area contributed by atoms with Crippen LogP contribution in [0.25, 0.3) is 22.6 Å². The number of fused-ring (bicyclic) bond motifs is 3. The van der Waals surface area contributed by atoms with Crippen LogP contribution in [0.1, 0.15) is 23.1 Å². The molecule has 2 aromatic heterocycles. The number of aromatic nitrogens is 3. The third-order valence-electron chi connectivity index (χ3n) is 5.85. The van der Waals surface area contributed by atoms with Crippen LogP contribution in [0.3, 0.4) is 0 Å². The molecule has 1 aliphatic rings. The highest BCUT2D eigenvalue weighted by molar-refractivity contribution is 7.98. The lowest BCUT2D eigenvalue weighted by atomic mass is 10.1. The summed E-state index contributed by atoms with van der Waals surface area (Å²) in [6.45, 7) is 2.08. The number of anilines is 1. The van der Waals surface area contributed by atoms with E-state index >= 15 is 0 Å². The Bertz CT molecular complexity index is 1540. The third-order valence-corrected chi connectivity index (χ3v) is 7.09. The Morgan fingerprint density at radius 3 is 2.50 bits per heavy atom. The Balaban J connectivity index is 1.32. The Labute approximate surface area is 217 Å². The smallest absolute Gasteiger partial charge is 0.247 e. The van der Waals surface area contributed by atoms with Gasteiger partial charge < -0.3 is 14.5 Å². The van der Waals surface area contributed by atoms with Gasteiger partial charge in [0.2, 0.25) is 17.3 Å². The van der Waals surface area contributed by atoms with Crippen molar-refractivity contribution in [2.75, 3.05) is 5.32 Å². The molecule has 1 aliphatic heterocycles. The van der Waals surface area contributed by atoms with Crippen LogP contribution in [0, 0.1) is 6.92 Å². The lowest BCUT2D eigenvalue weighted by molar-refractivity contribution is 0.196. The summed E-state index contributed by atoms with van der Waals surface area (Å²) >= 11 is 7.90. The highest BCUT2D eigenvalue weighted by Crippen LogP contribution is 2.40. The molecule has 3 aromatic carbocycles. The molecular formula is C28H21ClN4O2S. The van der Waals surface area contributed by atoms with Gasteiger partial charge in [-0.2, -0.15) is 4.98 Å². The first-order chi connectivity index (χ1) is 17.6. The van der Waals surface area contributed by atoms with E-state index in [-0.39, 0.29) is 0 Å². The summed E-state index contributed by atoms with van der Waals surface area (Å²) in [5.41, 5.74) is 5.54. The minimum Gasteiger partial charge on any atom is -0.455 e. The highest BCUT2D eigenvalue weighted by atomic mass is 35.5. The molecule has 0 radical (unpaired) electrons. The van der Waals surface area contributed by atoms with E-state index in [1.807, 2.05) is 60.7 Å². The van der Waals surface area contributed by atoms with E-state index in [1.54, 1.807) is 0 Å². The number of benzene rings is 3. The summed E-state index contributed by atoms with van der Waals surface area (Å²) in [6.07, 6.45) is -0.615. The molecule has 1 N–H and O–H groups in total. The van der Waals surface area contributed by atoms with Crippen molar-refractivity contribution in [3.63, 3.8) is 0 Å². The van der Waals surface area contributed by atoms with E-state index < -0.39 is 6.23 Å². The monoisotopic (exact) mass is 512 g/mol. The molecule has 0 unspecified atom stereocenters. The molecule has 178 valence electrons. The molecule has 6 nitrogen and oxygen atoms in total. The van der Waals surface area contributed by atoms with Crippen LogP contribution in [-0.2, 0) is 5.75 Å². The molecule has 0 saturated carbocycles. The molecule has 0 fully saturated rings. The van der Waals surface area contributed by atoms with E-state index in [0.29, 0.717) is 33.3 Å². The number of hydrogen-bond donors (Lipinski definition) is 1. The lowest BCUT2D eigenvalue weighted by Gasteiger charge is -2.16. The summed E-state index contributed by atoms with van der Waals surface area (Å²) in [5, 5.41) is 13.5. The van der Waals surface area contributed by atoms with E-state index in [0.717, 1.165) is 22.6 Å². The average molecular weight is 513 g/mol. The minimum atomic E-state index is -0.615. The number of furan rings is 1. The van der Waals surface area contributed by atoms with Gasteiger partial charge >= 0.3 is 0 Å². The van der Waals surface area contributed by atoms with Crippen molar-refractivity contribution in [1.82, 2.24) is 15.2 Å². The van der Waals surface area contributed by atoms with Crippen molar-refractivity contribution in [3.05, 3.63) is 107 Å². The second kappa shape index (κ2) is 9.68. The standard InChI is InChI=1S/C28H21ClN4O2S/c1-17-10-12-18(13-11-17)16-36-28-31-27-25(32-33-28)20-7-3-5-9-22(20)30-26(35-27)24-15-14-23(34-24)19-6-2-4-8-21(19)29/h2-15,26,30H,16H2,1H3/t26-/m1/s1. The fourth-order valence-corrected chi connectivity index (χ4v) is 4.93. The summed E-state index contributed by atoms with van der Waals surface area (Å²) in [4.78, 5) is 4.72. The Kier molecular flexibility index (Phi) is 6.09. The number of nitrogens with one attached hydrogen (secondary N) is 1. The van der Waals surface area contributed by atoms with Gasteiger partial charge in [0.05, 0.1) is 5.02 Å². The van der Waals surface area contributed by atoms with Gasteiger partial charge in [-0.25, -0.2) is 0 Å². The van der Waals surface area contributed by atoms with Crippen molar-refractivity contribution >= 4 is 29.1 Å². The maximum atomic E-state index is 6.38. The van der Waals surface area contributed by atoms with Crippen LogP contribution in [0.4, 0.5) is 5.69 Å². The molecule has 0 amide bonds. The number of para-hydroxylation sites is 1. The molecule has 6 rings (SSSR count). The Hall–Kier alpha value is -3.81.